The summed E-state index contributed by atoms with van der Waals surface area (Å²) in [6, 6.07) is 7.15. The Morgan fingerprint density at radius 3 is 2.70 bits per heavy atom. The van der Waals surface area contributed by atoms with Crippen molar-refractivity contribution in [1.29, 1.82) is 0 Å². The van der Waals surface area contributed by atoms with E-state index in [9.17, 15) is 14.7 Å². The van der Waals surface area contributed by atoms with Crippen LogP contribution in [-0.2, 0) is 0 Å². The predicted molar refractivity (Wildman–Crippen MR) is 76.8 cm³/mol. The lowest BCUT2D eigenvalue weighted by Crippen LogP contribution is -2.31. The lowest BCUT2D eigenvalue weighted by molar-refractivity contribution is 0.0698. The molecule has 0 saturated heterocycles. The highest BCUT2D eigenvalue weighted by atomic mass is 32.1. The number of carbonyl (C=O) groups excluding carboxylic acids is 1. The lowest BCUT2D eigenvalue weighted by Gasteiger charge is -2.17. The number of nitrogens with one attached hydrogen (secondary N) is 1. The highest BCUT2D eigenvalue weighted by Crippen LogP contribution is 2.25. The second-order valence-electron chi connectivity index (χ2n) is 3.98. The van der Waals surface area contributed by atoms with Crippen molar-refractivity contribution < 1.29 is 19.8 Å². The fourth-order valence-electron chi connectivity index (χ4n) is 1.57. The zero-order chi connectivity index (χ0) is 14.7. The van der Waals surface area contributed by atoms with Crippen molar-refractivity contribution in [2.24, 2.45) is 0 Å². The van der Waals surface area contributed by atoms with Crippen molar-refractivity contribution >= 4 is 34.0 Å². The average Bonchev–Trinajstić information content (AvgIpc) is 2.86. The Hall–Kier alpha value is -2.54. The van der Waals surface area contributed by atoms with E-state index in [0.717, 1.165) is 11.3 Å². The van der Waals surface area contributed by atoms with Gasteiger partial charge in [0.05, 0.1) is 5.56 Å². The van der Waals surface area contributed by atoms with E-state index in [0.29, 0.717) is 5.69 Å². The first-order valence-electron chi connectivity index (χ1n) is 5.63. The molecule has 2 amide bonds. The number of amides is 2. The molecule has 6 nitrogen and oxygen atoms in total. The number of rotatable bonds is 3. The third kappa shape index (κ3) is 2.89. The number of aromatic carboxylic acids is 1. The second-order valence-corrected chi connectivity index (χ2v) is 4.89. The molecule has 0 aliphatic rings. The van der Waals surface area contributed by atoms with Crippen LogP contribution in [0.4, 0.5) is 15.5 Å². The highest BCUT2D eigenvalue weighted by molar-refractivity contribution is 7.14. The van der Waals surface area contributed by atoms with Crippen molar-refractivity contribution in [2.75, 3.05) is 17.3 Å². The average molecular weight is 292 g/mol. The van der Waals surface area contributed by atoms with Gasteiger partial charge in [0, 0.05) is 18.8 Å². The summed E-state index contributed by atoms with van der Waals surface area (Å²) < 4.78 is 0. The quantitative estimate of drug-likeness (QED) is 0.811. The van der Waals surface area contributed by atoms with Gasteiger partial charge in [0.1, 0.15) is 10.8 Å². The van der Waals surface area contributed by atoms with Crippen LogP contribution in [0.3, 0.4) is 0 Å². The molecule has 20 heavy (non-hydrogen) atoms. The van der Waals surface area contributed by atoms with E-state index >= 15 is 0 Å². The van der Waals surface area contributed by atoms with E-state index in [1.807, 2.05) is 0 Å². The zero-order valence-corrected chi connectivity index (χ0v) is 11.3. The number of hydrogen-bond acceptors (Lipinski definition) is 4. The van der Waals surface area contributed by atoms with Gasteiger partial charge in [0.15, 0.2) is 0 Å². The third-order valence-electron chi connectivity index (χ3n) is 2.64. The van der Waals surface area contributed by atoms with Gasteiger partial charge in [-0.15, -0.1) is 11.3 Å². The van der Waals surface area contributed by atoms with Crippen LogP contribution in [0.5, 0.6) is 5.75 Å². The molecule has 1 aromatic heterocycles. The molecule has 2 aromatic rings. The Bertz CT molecular complexity index is 653. The SMILES string of the molecule is CN(C(=O)Nc1sccc1C(=O)O)c1cccc(O)c1. The van der Waals surface area contributed by atoms with Crippen LogP contribution in [-0.4, -0.2) is 29.3 Å². The van der Waals surface area contributed by atoms with Crippen molar-refractivity contribution in [3.63, 3.8) is 0 Å². The van der Waals surface area contributed by atoms with E-state index in [1.165, 1.54) is 30.1 Å². The van der Waals surface area contributed by atoms with Gasteiger partial charge in [0.25, 0.3) is 0 Å². The maximum atomic E-state index is 12.0. The predicted octanol–water partition coefficient (Wildman–Crippen LogP) is 2.82. The molecule has 0 aliphatic carbocycles. The lowest BCUT2D eigenvalue weighted by atomic mass is 10.3. The van der Waals surface area contributed by atoms with E-state index < -0.39 is 12.0 Å². The van der Waals surface area contributed by atoms with E-state index in [-0.39, 0.29) is 16.3 Å². The number of thiophene rings is 1. The van der Waals surface area contributed by atoms with E-state index in [1.54, 1.807) is 17.5 Å². The summed E-state index contributed by atoms with van der Waals surface area (Å²) in [4.78, 5) is 24.3. The first kappa shape index (κ1) is 13.9. The van der Waals surface area contributed by atoms with Crippen LogP contribution in [0.2, 0.25) is 0 Å². The standard InChI is InChI=1S/C13H12N2O4S/c1-15(8-3-2-4-9(16)7-8)13(19)14-11-10(12(17)18)5-6-20-11/h2-7,16H,1H3,(H,14,19)(H,17,18). The molecule has 1 heterocycles. The number of carbonyl (C=O) groups is 2. The summed E-state index contributed by atoms with van der Waals surface area (Å²) in [6.45, 7) is 0. The third-order valence-corrected chi connectivity index (χ3v) is 3.47. The first-order valence-corrected chi connectivity index (χ1v) is 6.51. The van der Waals surface area contributed by atoms with Crippen LogP contribution in [0.1, 0.15) is 10.4 Å². The number of phenols is 1. The number of carboxylic acids is 1. The number of nitrogens with zero attached hydrogens (tertiary/aromatic N) is 1. The van der Waals surface area contributed by atoms with Gasteiger partial charge in [-0.25, -0.2) is 9.59 Å². The van der Waals surface area contributed by atoms with Gasteiger partial charge in [-0.3, -0.25) is 10.2 Å². The number of aromatic hydroxyl groups is 1. The molecule has 0 aliphatic heterocycles. The largest absolute Gasteiger partial charge is 0.508 e. The Morgan fingerprint density at radius 1 is 1.30 bits per heavy atom. The summed E-state index contributed by atoms with van der Waals surface area (Å²) in [6.07, 6.45) is 0. The summed E-state index contributed by atoms with van der Waals surface area (Å²) in [7, 11) is 1.53. The minimum atomic E-state index is -1.10. The fourth-order valence-corrected chi connectivity index (χ4v) is 2.34. The van der Waals surface area contributed by atoms with Crippen LogP contribution >= 0.6 is 11.3 Å². The fraction of sp³-hybridized carbons (Fsp3) is 0.0769. The molecule has 0 radical (unpaired) electrons. The molecular weight excluding hydrogens is 280 g/mol. The number of hydrogen-bond donors (Lipinski definition) is 3. The van der Waals surface area contributed by atoms with Crippen LogP contribution in [0, 0.1) is 0 Å². The van der Waals surface area contributed by atoms with Crippen LogP contribution in [0.25, 0.3) is 0 Å². The van der Waals surface area contributed by atoms with Crippen molar-refractivity contribution in [2.45, 2.75) is 0 Å². The normalized spacial score (nSPS) is 10.1. The molecule has 2 rings (SSSR count). The van der Waals surface area contributed by atoms with Crippen molar-refractivity contribution in [3.8, 4) is 5.75 Å². The molecule has 0 bridgehead atoms. The van der Waals surface area contributed by atoms with Crippen LogP contribution in [0.15, 0.2) is 35.7 Å². The summed E-state index contributed by atoms with van der Waals surface area (Å²) >= 11 is 1.13. The monoisotopic (exact) mass is 292 g/mol. The smallest absolute Gasteiger partial charge is 0.338 e. The molecular formula is C13H12N2O4S. The summed E-state index contributed by atoms with van der Waals surface area (Å²) in [5.74, 6) is -1.05. The Balaban J connectivity index is 2.16. The molecule has 7 heteroatoms. The summed E-state index contributed by atoms with van der Waals surface area (Å²) in [5.41, 5.74) is 0.545. The Morgan fingerprint density at radius 2 is 2.05 bits per heavy atom. The second kappa shape index (κ2) is 5.62. The number of urea groups is 1. The number of carboxylic acid groups (broad SMARTS) is 1. The van der Waals surface area contributed by atoms with Gasteiger partial charge >= 0.3 is 12.0 Å². The minimum absolute atomic E-state index is 0.0458. The first-order chi connectivity index (χ1) is 9.49. The molecule has 3 N–H and O–H groups in total. The maximum Gasteiger partial charge on any atom is 0.338 e. The number of phenolic OH excluding ortho intramolecular Hbond substituents is 1. The van der Waals surface area contributed by atoms with Crippen LogP contribution < -0.4 is 10.2 Å². The molecule has 0 spiro atoms. The van der Waals surface area contributed by atoms with Gasteiger partial charge in [-0.05, 0) is 23.6 Å². The van der Waals surface area contributed by atoms with Crippen molar-refractivity contribution in [1.82, 2.24) is 0 Å². The number of benzene rings is 1. The van der Waals surface area contributed by atoms with E-state index in [4.69, 9.17) is 5.11 Å². The number of anilines is 2. The molecule has 1 aromatic carbocycles. The van der Waals surface area contributed by atoms with Gasteiger partial charge < -0.3 is 10.2 Å². The molecule has 0 saturated carbocycles. The molecule has 104 valence electrons. The molecule has 0 unspecified atom stereocenters. The van der Waals surface area contributed by atoms with E-state index in [2.05, 4.69) is 5.32 Å². The molecule has 0 atom stereocenters. The topological polar surface area (TPSA) is 89.9 Å². The Labute approximate surface area is 118 Å². The molecule has 0 fully saturated rings. The maximum absolute atomic E-state index is 12.0. The van der Waals surface area contributed by atoms with Gasteiger partial charge in [0.2, 0.25) is 0 Å². The zero-order valence-electron chi connectivity index (χ0n) is 10.5. The minimum Gasteiger partial charge on any atom is -0.508 e. The Kier molecular flexibility index (Phi) is 3.90. The summed E-state index contributed by atoms with van der Waals surface area (Å²) in [5, 5.41) is 22.7. The van der Waals surface area contributed by atoms with Gasteiger partial charge in [-0.2, -0.15) is 0 Å². The highest BCUT2D eigenvalue weighted by Gasteiger charge is 2.17. The van der Waals surface area contributed by atoms with Crippen molar-refractivity contribution in [3.05, 3.63) is 41.3 Å². The van der Waals surface area contributed by atoms with Gasteiger partial charge in [-0.1, -0.05) is 6.07 Å².